The average molecular weight is 146 g/mol. The Balaban J connectivity index is 2.08. The highest BCUT2D eigenvalue weighted by Gasteiger charge is 2.18. The van der Waals surface area contributed by atoms with E-state index < -0.39 is 6.67 Å². The van der Waals surface area contributed by atoms with Crippen molar-refractivity contribution in [1.82, 2.24) is 10.2 Å². The third-order valence-electron chi connectivity index (χ3n) is 1.51. The first-order valence-corrected chi connectivity index (χ1v) is 3.43. The highest BCUT2D eigenvalue weighted by Crippen LogP contribution is 2.04. The number of nitrogens with one attached hydrogen (secondary N) is 1. The molecule has 0 aromatic carbocycles. The summed E-state index contributed by atoms with van der Waals surface area (Å²) in [4.78, 5) is 12.5. The number of likely N-dealkylation sites (tertiary alicyclic amines) is 1. The Hall–Kier alpha value is -0.800. The SMILES string of the molecule is O=C(NCCF)N1CCC1. The summed E-state index contributed by atoms with van der Waals surface area (Å²) in [6.07, 6.45) is 1.07. The Morgan fingerprint density at radius 2 is 2.30 bits per heavy atom. The number of nitrogens with zero attached hydrogens (tertiary/aromatic N) is 1. The molecule has 0 bridgehead atoms. The first kappa shape index (κ1) is 7.31. The van der Waals surface area contributed by atoms with Crippen molar-refractivity contribution in [2.75, 3.05) is 26.3 Å². The molecule has 0 radical (unpaired) electrons. The van der Waals surface area contributed by atoms with Crippen LogP contribution in [0, 0.1) is 0 Å². The normalized spacial score (nSPS) is 16.3. The molecule has 1 aliphatic heterocycles. The zero-order chi connectivity index (χ0) is 7.40. The molecule has 0 saturated carbocycles. The standard InChI is InChI=1S/C6H11FN2O/c7-2-3-8-6(10)9-4-1-5-9/h1-5H2,(H,8,10). The number of amides is 2. The van der Waals surface area contributed by atoms with Gasteiger partial charge in [0.2, 0.25) is 0 Å². The van der Waals surface area contributed by atoms with E-state index in [0.717, 1.165) is 19.5 Å². The summed E-state index contributed by atoms with van der Waals surface area (Å²) in [6, 6.07) is -0.135. The Morgan fingerprint density at radius 3 is 2.70 bits per heavy atom. The monoisotopic (exact) mass is 146 g/mol. The molecule has 2 amide bonds. The lowest BCUT2D eigenvalue weighted by Crippen LogP contribution is -2.48. The summed E-state index contributed by atoms with van der Waals surface area (Å²) in [7, 11) is 0. The van der Waals surface area contributed by atoms with Gasteiger partial charge in [-0.05, 0) is 6.42 Å². The highest BCUT2D eigenvalue weighted by molar-refractivity contribution is 5.74. The minimum absolute atomic E-state index is 0.134. The maximum Gasteiger partial charge on any atom is 0.317 e. The van der Waals surface area contributed by atoms with E-state index in [1.54, 1.807) is 4.90 Å². The summed E-state index contributed by atoms with van der Waals surface area (Å²) >= 11 is 0. The van der Waals surface area contributed by atoms with Crippen molar-refractivity contribution in [1.29, 1.82) is 0 Å². The second-order valence-corrected chi connectivity index (χ2v) is 2.26. The summed E-state index contributed by atoms with van der Waals surface area (Å²) in [5, 5.41) is 2.45. The Bertz CT molecular complexity index is 125. The molecule has 1 fully saturated rings. The molecule has 0 spiro atoms. The van der Waals surface area contributed by atoms with E-state index >= 15 is 0 Å². The summed E-state index contributed by atoms with van der Waals surface area (Å²) in [6.45, 7) is 1.28. The van der Waals surface area contributed by atoms with Gasteiger partial charge in [-0.15, -0.1) is 0 Å². The molecule has 1 rings (SSSR count). The fourth-order valence-electron chi connectivity index (χ4n) is 0.785. The first-order valence-electron chi connectivity index (χ1n) is 3.43. The van der Waals surface area contributed by atoms with Crippen LogP contribution in [-0.2, 0) is 0 Å². The fraction of sp³-hybridized carbons (Fsp3) is 0.833. The molecule has 0 aromatic heterocycles. The van der Waals surface area contributed by atoms with E-state index in [4.69, 9.17) is 0 Å². The van der Waals surface area contributed by atoms with E-state index in [2.05, 4.69) is 5.32 Å². The number of carbonyl (C=O) groups excluding carboxylic acids is 1. The van der Waals surface area contributed by atoms with Crippen molar-refractivity contribution < 1.29 is 9.18 Å². The summed E-state index contributed by atoms with van der Waals surface area (Å²) in [5.41, 5.74) is 0. The van der Waals surface area contributed by atoms with Crippen LogP contribution in [-0.4, -0.2) is 37.2 Å². The molecule has 0 aliphatic carbocycles. The van der Waals surface area contributed by atoms with Crippen LogP contribution in [0.4, 0.5) is 9.18 Å². The minimum Gasteiger partial charge on any atom is -0.335 e. The molecule has 0 unspecified atom stereocenters. The second kappa shape index (κ2) is 3.39. The lowest BCUT2D eigenvalue weighted by molar-refractivity contribution is 0.167. The maximum absolute atomic E-state index is 11.5. The molecular formula is C6H11FN2O. The average Bonchev–Trinajstić information content (AvgIpc) is 1.79. The van der Waals surface area contributed by atoms with E-state index in [1.807, 2.05) is 0 Å². The summed E-state index contributed by atoms with van der Waals surface area (Å²) in [5.74, 6) is 0. The van der Waals surface area contributed by atoms with Gasteiger partial charge in [-0.1, -0.05) is 0 Å². The molecule has 1 heterocycles. The number of halogens is 1. The zero-order valence-electron chi connectivity index (χ0n) is 5.77. The molecule has 1 saturated heterocycles. The van der Waals surface area contributed by atoms with E-state index in [-0.39, 0.29) is 12.6 Å². The number of alkyl halides is 1. The Morgan fingerprint density at radius 1 is 1.60 bits per heavy atom. The van der Waals surface area contributed by atoms with Crippen molar-refractivity contribution in [3.63, 3.8) is 0 Å². The van der Waals surface area contributed by atoms with E-state index in [1.165, 1.54) is 0 Å². The second-order valence-electron chi connectivity index (χ2n) is 2.26. The van der Waals surface area contributed by atoms with Gasteiger partial charge >= 0.3 is 6.03 Å². The molecule has 4 heteroatoms. The largest absolute Gasteiger partial charge is 0.335 e. The third kappa shape index (κ3) is 1.59. The smallest absolute Gasteiger partial charge is 0.317 e. The quantitative estimate of drug-likeness (QED) is 0.599. The predicted molar refractivity (Wildman–Crippen MR) is 35.6 cm³/mol. The molecule has 0 aromatic rings. The van der Waals surface area contributed by atoms with Crippen molar-refractivity contribution in [2.24, 2.45) is 0 Å². The van der Waals surface area contributed by atoms with Gasteiger partial charge in [-0.25, -0.2) is 9.18 Å². The number of hydrogen-bond acceptors (Lipinski definition) is 1. The van der Waals surface area contributed by atoms with Crippen LogP contribution in [0.15, 0.2) is 0 Å². The lowest BCUT2D eigenvalue weighted by atomic mass is 10.2. The van der Waals surface area contributed by atoms with E-state index in [9.17, 15) is 9.18 Å². The summed E-state index contributed by atoms with van der Waals surface area (Å²) < 4.78 is 11.5. The van der Waals surface area contributed by atoms with Gasteiger partial charge < -0.3 is 10.2 Å². The van der Waals surface area contributed by atoms with Gasteiger partial charge in [0.1, 0.15) is 6.67 Å². The van der Waals surface area contributed by atoms with Gasteiger partial charge in [-0.2, -0.15) is 0 Å². The van der Waals surface area contributed by atoms with Crippen LogP contribution >= 0.6 is 0 Å². The molecule has 3 nitrogen and oxygen atoms in total. The van der Waals surface area contributed by atoms with Gasteiger partial charge in [0, 0.05) is 19.6 Å². The van der Waals surface area contributed by atoms with Crippen LogP contribution < -0.4 is 5.32 Å². The van der Waals surface area contributed by atoms with Crippen molar-refractivity contribution in [3.05, 3.63) is 0 Å². The van der Waals surface area contributed by atoms with Gasteiger partial charge in [0.05, 0.1) is 0 Å². The van der Waals surface area contributed by atoms with Gasteiger partial charge in [-0.3, -0.25) is 0 Å². The topological polar surface area (TPSA) is 32.3 Å². The fourth-order valence-corrected chi connectivity index (χ4v) is 0.785. The number of hydrogen-bond donors (Lipinski definition) is 1. The molecule has 1 aliphatic rings. The molecular weight excluding hydrogens is 135 g/mol. The Kier molecular flexibility index (Phi) is 2.48. The van der Waals surface area contributed by atoms with Crippen LogP contribution in [0.25, 0.3) is 0 Å². The van der Waals surface area contributed by atoms with Crippen LogP contribution in [0.1, 0.15) is 6.42 Å². The number of rotatable bonds is 2. The predicted octanol–water partition coefficient (Wildman–Crippen LogP) is 0.371. The molecule has 1 N–H and O–H groups in total. The first-order chi connectivity index (χ1) is 4.84. The van der Waals surface area contributed by atoms with Crippen LogP contribution in [0.5, 0.6) is 0 Å². The van der Waals surface area contributed by atoms with Crippen LogP contribution in [0.3, 0.4) is 0 Å². The van der Waals surface area contributed by atoms with E-state index in [0.29, 0.717) is 0 Å². The van der Waals surface area contributed by atoms with Crippen LogP contribution in [0.2, 0.25) is 0 Å². The molecule has 10 heavy (non-hydrogen) atoms. The van der Waals surface area contributed by atoms with Gasteiger partial charge in [0.15, 0.2) is 0 Å². The highest BCUT2D eigenvalue weighted by atomic mass is 19.1. The minimum atomic E-state index is -0.487. The maximum atomic E-state index is 11.5. The molecule has 58 valence electrons. The lowest BCUT2D eigenvalue weighted by Gasteiger charge is -2.30. The molecule has 0 atom stereocenters. The number of carbonyl (C=O) groups is 1. The van der Waals surface area contributed by atoms with Gasteiger partial charge in [0.25, 0.3) is 0 Å². The van der Waals surface area contributed by atoms with Crippen molar-refractivity contribution in [2.45, 2.75) is 6.42 Å². The van der Waals surface area contributed by atoms with Crippen molar-refractivity contribution >= 4 is 6.03 Å². The number of urea groups is 1. The Labute approximate surface area is 59.2 Å². The zero-order valence-corrected chi connectivity index (χ0v) is 5.77. The van der Waals surface area contributed by atoms with Crippen molar-refractivity contribution in [3.8, 4) is 0 Å². The third-order valence-corrected chi connectivity index (χ3v) is 1.51.